The molecule has 1 aliphatic heterocycles. The summed E-state index contributed by atoms with van der Waals surface area (Å²) in [7, 11) is 1.68. The molecule has 1 aromatic rings. The van der Waals surface area contributed by atoms with Crippen molar-refractivity contribution < 1.29 is 14.5 Å². The first kappa shape index (κ1) is 17.4. The summed E-state index contributed by atoms with van der Waals surface area (Å²) in [6.45, 7) is 3.09. The molecule has 1 heterocycles. The van der Waals surface area contributed by atoms with Crippen molar-refractivity contribution in [2.75, 3.05) is 33.4 Å². The van der Waals surface area contributed by atoms with E-state index in [1.54, 1.807) is 19.2 Å². The zero-order chi connectivity index (χ0) is 16.7. The molecular formula is C16H23N3O4. The molecule has 0 saturated carbocycles. The minimum atomic E-state index is -0.449. The van der Waals surface area contributed by atoms with Gasteiger partial charge in [0.2, 0.25) is 5.91 Å². The number of nitrogens with zero attached hydrogens (tertiary/aromatic N) is 1. The SMILES string of the molecule is COCC1(CNC(=O)Cc2ccc([N+](=O)[O-])cc2)CCNCC1. The van der Waals surface area contributed by atoms with Crippen LogP contribution in [0.2, 0.25) is 0 Å². The number of rotatable bonds is 7. The van der Waals surface area contributed by atoms with Crippen LogP contribution in [-0.2, 0) is 16.0 Å². The standard InChI is InChI=1S/C16H23N3O4/c1-23-12-16(6-8-17-9-7-16)11-18-15(20)10-13-2-4-14(5-3-13)19(21)22/h2-5,17H,6-12H2,1H3,(H,18,20). The number of nitro benzene ring substituents is 1. The van der Waals surface area contributed by atoms with Crippen molar-refractivity contribution in [1.29, 1.82) is 0 Å². The summed E-state index contributed by atoms with van der Waals surface area (Å²) < 4.78 is 5.33. The number of nitro groups is 1. The van der Waals surface area contributed by atoms with Crippen LogP contribution in [-0.4, -0.2) is 44.2 Å². The van der Waals surface area contributed by atoms with Gasteiger partial charge in [-0.15, -0.1) is 0 Å². The second-order valence-electron chi connectivity index (χ2n) is 6.06. The smallest absolute Gasteiger partial charge is 0.269 e. The van der Waals surface area contributed by atoms with Crippen molar-refractivity contribution in [3.63, 3.8) is 0 Å². The van der Waals surface area contributed by atoms with E-state index in [0.717, 1.165) is 31.5 Å². The second kappa shape index (κ2) is 8.03. The van der Waals surface area contributed by atoms with Crippen LogP contribution in [0.15, 0.2) is 24.3 Å². The topological polar surface area (TPSA) is 93.5 Å². The number of hydrogen-bond donors (Lipinski definition) is 2. The first-order valence-corrected chi connectivity index (χ1v) is 7.74. The quantitative estimate of drug-likeness (QED) is 0.583. The van der Waals surface area contributed by atoms with Crippen LogP contribution in [0.3, 0.4) is 0 Å². The Balaban J connectivity index is 1.87. The van der Waals surface area contributed by atoms with Crippen LogP contribution in [0.4, 0.5) is 5.69 Å². The number of carbonyl (C=O) groups is 1. The van der Waals surface area contributed by atoms with Gasteiger partial charge in [0.15, 0.2) is 0 Å². The molecule has 0 bridgehead atoms. The second-order valence-corrected chi connectivity index (χ2v) is 6.06. The molecule has 126 valence electrons. The maximum Gasteiger partial charge on any atom is 0.269 e. The average molecular weight is 321 g/mol. The summed E-state index contributed by atoms with van der Waals surface area (Å²) in [5.41, 5.74) is 0.785. The van der Waals surface area contributed by atoms with E-state index in [0.29, 0.717) is 13.2 Å². The van der Waals surface area contributed by atoms with Crippen molar-refractivity contribution >= 4 is 11.6 Å². The number of non-ortho nitro benzene ring substituents is 1. The fraction of sp³-hybridized carbons (Fsp3) is 0.562. The lowest BCUT2D eigenvalue weighted by atomic mass is 9.79. The minimum Gasteiger partial charge on any atom is -0.384 e. The van der Waals surface area contributed by atoms with Crippen LogP contribution >= 0.6 is 0 Å². The lowest BCUT2D eigenvalue weighted by Crippen LogP contribution is -2.47. The first-order chi connectivity index (χ1) is 11.0. The van der Waals surface area contributed by atoms with E-state index in [1.807, 2.05) is 0 Å². The summed E-state index contributed by atoms with van der Waals surface area (Å²) in [4.78, 5) is 22.3. The fourth-order valence-corrected chi connectivity index (χ4v) is 2.90. The summed E-state index contributed by atoms with van der Waals surface area (Å²) in [6.07, 6.45) is 2.16. The molecule has 0 aliphatic carbocycles. The van der Waals surface area contributed by atoms with Crippen molar-refractivity contribution in [3.05, 3.63) is 39.9 Å². The third kappa shape index (κ3) is 5.01. The Morgan fingerprint density at radius 2 is 2.00 bits per heavy atom. The molecule has 1 fully saturated rings. The average Bonchev–Trinajstić information content (AvgIpc) is 2.55. The van der Waals surface area contributed by atoms with Crippen molar-refractivity contribution in [2.24, 2.45) is 5.41 Å². The van der Waals surface area contributed by atoms with Crippen LogP contribution in [0.25, 0.3) is 0 Å². The van der Waals surface area contributed by atoms with E-state index >= 15 is 0 Å². The van der Waals surface area contributed by atoms with Gasteiger partial charge >= 0.3 is 0 Å². The maximum atomic E-state index is 12.1. The number of carbonyl (C=O) groups excluding carboxylic acids is 1. The van der Waals surface area contributed by atoms with Gasteiger partial charge in [-0.2, -0.15) is 0 Å². The lowest BCUT2D eigenvalue weighted by molar-refractivity contribution is -0.384. The van der Waals surface area contributed by atoms with Crippen LogP contribution in [0.1, 0.15) is 18.4 Å². The summed E-state index contributed by atoms with van der Waals surface area (Å²) in [6, 6.07) is 6.07. The highest BCUT2D eigenvalue weighted by Gasteiger charge is 2.32. The van der Waals surface area contributed by atoms with Gasteiger partial charge in [-0.25, -0.2) is 0 Å². The minimum absolute atomic E-state index is 0.00880. The molecule has 7 nitrogen and oxygen atoms in total. The highest BCUT2D eigenvalue weighted by molar-refractivity contribution is 5.78. The predicted octanol–water partition coefficient (Wildman–Crippen LogP) is 1.27. The van der Waals surface area contributed by atoms with Crippen molar-refractivity contribution in [3.8, 4) is 0 Å². The number of benzene rings is 1. The molecule has 0 aromatic heterocycles. The highest BCUT2D eigenvalue weighted by atomic mass is 16.6. The molecule has 0 unspecified atom stereocenters. The van der Waals surface area contributed by atoms with E-state index in [9.17, 15) is 14.9 Å². The van der Waals surface area contributed by atoms with E-state index in [2.05, 4.69) is 10.6 Å². The summed E-state index contributed by atoms with van der Waals surface area (Å²) in [5.74, 6) is -0.0761. The molecule has 2 N–H and O–H groups in total. The Labute approximate surface area is 135 Å². The fourth-order valence-electron chi connectivity index (χ4n) is 2.90. The van der Waals surface area contributed by atoms with Crippen LogP contribution < -0.4 is 10.6 Å². The molecular weight excluding hydrogens is 298 g/mol. The summed E-state index contributed by atoms with van der Waals surface area (Å²) >= 11 is 0. The van der Waals surface area contributed by atoms with Crippen molar-refractivity contribution in [2.45, 2.75) is 19.3 Å². The molecule has 23 heavy (non-hydrogen) atoms. The Morgan fingerprint density at radius 3 is 2.57 bits per heavy atom. The number of nitrogens with one attached hydrogen (secondary N) is 2. The number of hydrogen-bond acceptors (Lipinski definition) is 5. The maximum absolute atomic E-state index is 12.1. The van der Waals surface area contributed by atoms with E-state index < -0.39 is 4.92 Å². The Morgan fingerprint density at radius 1 is 1.35 bits per heavy atom. The third-order valence-electron chi connectivity index (χ3n) is 4.29. The van der Waals surface area contributed by atoms with E-state index in [1.165, 1.54) is 12.1 Å². The van der Waals surface area contributed by atoms with Gasteiger partial charge in [0.1, 0.15) is 0 Å². The van der Waals surface area contributed by atoms with E-state index in [-0.39, 0.29) is 23.4 Å². The zero-order valence-corrected chi connectivity index (χ0v) is 13.3. The third-order valence-corrected chi connectivity index (χ3v) is 4.29. The molecule has 0 radical (unpaired) electrons. The zero-order valence-electron chi connectivity index (χ0n) is 13.3. The van der Waals surface area contributed by atoms with Gasteiger partial charge in [-0.1, -0.05) is 12.1 Å². The van der Waals surface area contributed by atoms with Gasteiger partial charge in [0.05, 0.1) is 18.0 Å². The largest absolute Gasteiger partial charge is 0.384 e. The van der Waals surface area contributed by atoms with Crippen LogP contribution in [0, 0.1) is 15.5 Å². The molecule has 1 aromatic carbocycles. The Kier molecular flexibility index (Phi) is 6.06. The molecule has 1 saturated heterocycles. The van der Waals surface area contributed by atoms with Gasteiger partial charge in [0.25, 0.3) is 5.69 Å². The van der Waals surface area contributed by atoms with Gasteiger partial charge in [-0.3, -0.25) is 14.9 Å². The van der Waals surface area contributed by atoms with E-state index in [4.69, 9.17) is 4.74 Å². The van der Waals surface area contributed by atoms with Crippen LogP contribution in [0.5, 0.6) is 0 Å². The van der Waals surface area contributed by atoms with Crippen molar-refractivity contribution in [1.82, 2.24) is 10.6 Å². The Hall–Kier alpha value is -1.99. The molecule has 7 heteroatoms. The lowest BCUT2D eigenvalue weighted by Gasteiger charge is -2.37. The van der Waals surface area contributed by atoms with Gasteiger partial charge in [-0.05, 0) is 31.5 Å². The number of piperidine rings is 1. The predicted molar refractivity (Wildman–Crippen MR) is 86.2 cm³/mol. The molecule has 1 aliphatic rings. The monoisotopic (exact) mass is 321 g/mol. The molecule has 1 amide bonds. The first-order valence-electron chi connectivity index (χ1n) is 7.74. The normalized spacial score (nSPS) is 16.7. The molecule has 2 rings (SSSR count). The highest BCUT2D eigenvalue weighted by Crippen LogP contribution is 2.28. The van der Waals surface area contributed by atoms with Gasteiger partial charge < -0.3 is 15.4 Å². The molecule has 0 spiro atoms. The number of methoxy groups -OCH3 is 1. The number of ether oxygens (including phenoxy) is 1. The van der Waals surface area contributed by atoms with Gasteiger partial charge in [0, 0.05) is 31.2 Å². The summed E-state index contributed by atoms with van der Waals surface area (Å²) in [5, 5.41) is 16.9. The Bertz CT molecular complexity index is 533. The molecule has 0 atom stereocenters. The number of amides is 1.